The van der Waals surface area contributed by atoms with Crippen molar-refractivity contribution in [2.45, 2.75) is 173 Å². The Labute approximate surface area is 611 Å². The lowest BCUT2D eigenvalue weighted by molar-refractivity contribution is 0.274. The van der Waals surface area contributed by atoms with Crippen LogP contribution in [0, 0.1) is 65.3 Å². The highest BCUT2D eigenvalue weighted by molar-refractivity contribution is 6.62. The molecule has 99 heavy (non-hydrogen) atoms. The van der Waals surface area contributed by atoms with Crippen LogP contribution in [-0.2, 0) is 33.8 Å². The number of aromatic hydroxyl groups is 1. The van der Waals surface area contributed by atoms with Gasteiger partial charge < -0.3 is 43.6 Å². The maximum Gasteiger partial charge on any atom is 0.491 e. The second-order valence-electron chi connectivity index (χ2n) is 16.9. The number of benzene rings is 3. The van der Waals surface area contributed by atoms with Gasteiger partial charge in [-0.15, -0.1) is 0 Å². The van der Waals surface area contributed by atoms with Gasteiger partial charge in [-0.05, 0) is 134 Å². The van der Waals surface area contributed by atoms with Crippen LogP contribution >= 0.6 is 46.4 Å². The molecule has 8 aromatic rings. The molecule has 26 heteroatoms. The number of ether oxygens (including phenoxy) is 2. The Hall–Kier alpha value is -8.63. The first-order chi connectivity index (χ1) is 46.8. The highest BCUT2D eigenvalue weighted by Crippen LogP contribution is 2.29. The van der Waals surface area contributed by atoms with Crippen LogP contribution in [-0.4, -0.2) is 66.5 Å². The number of hydrogen-bond donors (Lipinski definition) is 4. The summed E-state index contributed by atoms with van der Waals surface area (Å²) in [4.78, 5) is 32.8. The molecular weight excluding hydrogens is 1340 g/mol. The zero-order valence-corrected chi connectivity index (χ0v) is 62.2. The molecule has 0 unspecified atom stereocenters. The predicted molar refractivity (Wildman–Crippen MR) is 413 cm³/mol. The first kappa shape index (κ1) is 99.0. The summed E-state index contributed by atoms with van der Waals surface area (Å²) < 4.78 is 26.5. The standard InChI is InChI=1S/2C14H11BN2O3.C7H7BO3.2C7H5ClN2.C6H2Cl2N2.8C2H6.2CH4/c1-9-13(16-2)5-6-14(17-9)20-11-3-4-12-10(7-11)8-19-15(12)18;1-9-2-3-10(7-16)14(17-9)20-12-4-5-13-11(6-12)8-19-15(13)18;9-6-1-2-7-5(3-6)4-11-8(7)10;1-5-6(9-2)3-4-7(8)10-5;1-5-3-4-6(9-2)7(8)10-5;1-9-4-2-3-5(7)10-6(4)8;8*1-2;;/h3-7,18H,8H2,1H3;2-6,18H,8H2,1H3;1-3,9-10H,4H2;2*3-4H,1H3;2-3H;8*1-2H3;2*1H4. The molecule has 0 radical (unpaired) electrons. The lowest BCUT2D eigenvalue weighted by atomic mass is 9.80. The molecule has 8 heterocycles. The van der Waals surface area contributed by atoms with Crippen LogP contribution in [0.2, 0.25) is 20.6 Å². The summed E-state index contributed by atoms with van der Waals surface area (Å²) in [6.45, 7) is 67.3. The number of aryl methyl sites for hydroxylation is 4. The monoisotopic (exact) mass is 1430 g/mol. The van der Waals surface area contributed by atoms with Crippen LogP contribution in [0.1, 0.15) is 171 Å². The molecule has 3 aliphatic heterocycles. The van der Waals surface area contributed by atoms with Gasteiger partial charge in [0, 0.05) is 22.8 Å². The summed E-state index contributed by atoms with van der Waals surface area (Å²) in [5, 5.41) is 47.6. The molecule has 5 aromatic heterocycles. The quantitative estimate of drug-likeness (QED) is 0.0729. The molecule has 3 aliphatic rings. The van der Waals surface area contributed by atoms with Gasteiger partial charge in [-0.25, -0.2) is 34.3 Å². The fraction of sp³-hybridized carbons (Fsp3) is 0.342. The van der Waals surface area contributed by atoms with Gasteiger partial charge in [-0.3, -0.25) is 9.97 Å². The minimum atomic E-state index is -0.870. The van der Waals surface area contributed by atoms with E-state index in [0.717, 1.165) is 44.5 Å². The SMILES string of the molecule is C.C.CC.CC.CC.CC.CC.CC.CC.CC.Cc1ccc(C#N)c(Oc2ccc3c(c2)COB3O)n1.OB1OCc2cc(O)ccc21.[C-]#[N+]c1ccc(C)nc1Cl.[C-]#[N+]c1ccc(Cl)nc1C.[C-]#[N+]c1ccc(Cl)nc1Cl.[C-]#[N+]c1ccc(Oc2ccc3c(c2)COB3O)nc1C. The Morgan fingerprint density at radius 3 is 1.19 bits per heavy atom. The first-order valence-corrected chi connectivity index (χ1v) is 33.1. The van der Waals surface area contributed by atoms with E-state index < -0.39 is 21.4 Å². The van der Waals surface area contributed by atoms with Crippen molar-refractivity contribution >= 4 is 107 Å². The van der Waals surface area contributed by atoms with Gasteiger partial charge >= 0.3 is 21.4 Å². The second kappa shape index (κ2) is 58.3. The summed E-state index contributed by atoms with van der Waals surface area (Å²) in [6, 6.07) is 34.1. The maximum atomic E-state index is 9.56. The van der Waals surface area contributed by atoms with Crippen molar-refractivity contribution in [2.75, 3.05) is 0 Å². The number of halogens is 4. The van der Waals surface area contributed by atoms with E-state index in [4.69, 9.17) is 112 Å². The normalized spacial score (nSPS) is 10.1. The van der Waals surface area contributed by atoms with E-state index in [0.29, 0.717) is 87.2 Å². The minimum absolute atomic E-state index is 0. The van der Waals surface area contributed by atoms with Gasteiger partial charge in [0.15, 0.2) is 0 Å². The number of nitrogens with zero attached hydrogens (tertiary/aromatic N) is 10. The first-order valence-electron chi connectivity index (χ1n) is 31.6. The zero-order chi connectivity index (χ0) is 74.8. The molecule has 0 aliphatic carbocycles. The number of aromatic nitrogens is 5. The van der Waals surface area contributed by atoms with Gasteiger partial charge in [0.05, 0.1) is 46.1 Å². The second-order valence-corrected chi connectivity index (χ2v) is 18.4. The Morgan fingerprint density at radius 1 is 0.434 bits per heavy atom. The molecule has 530 valence electrons. The molecular formula is C73H97B3Cl4N10O9. The van der Waals surface area contributed by atoms with Crippen molar-refractivity contribution in [3.63, 3.8) is 0 Å². The summed E-state index contributed by atoms with van der Waals surface area (Å²) in [6.07, 6.45) is 0. The van der Waals surface area contributed by atoms with Crippen LogP contribution in [0.4, 0.5) is 22.7 Å². The van der Waals surface area contributed by atoms with Crippen molar-refractivity contribution in [1.82, 2.24) is 24.9 Å². The van der Waals surface area contributed by atoms with Crippen molar-refractivity contribution in [3.8, 4) is 35.1 Å². The van der Waals surface area contributed by atoms with Gasteiger partial charge in [-0.1, -0.05) is 215 Å². The summed E-state index contributed by atoms with van der Waals surface area (Å²) >= 11 is 22.2. The molecule has 0 amide bonds. The van der Waals surface area contributed by atoms with E-state index in [1.807, 2.05) is 131 Å². The Balaban J connectivity index is -0.000000349. The number of phenols is 1. The lowest BCUT2D eigenvalue weighted by Crippen LogP contribution is -2.27. The van der Waals surface area contributed by atoms with Crippen molar-refractivity contribution < 1.29 is 43.6 Å². The van der Waals surface area contributed by atoms with Gasteiger partial charge in [0.1, 0.15) is 49.5 Å². The molecule has 11 rings (SSSR count). The van der Waals surface area contributed by atoms with E-state index >= 15 is 0 Å². The Morgan fingerprint density at radius 2 is 0.788 bits per heavy atom. The average molecular weight is 1430 g/mol. The number of fused-ring (bicyclic) bond motifs is 3. The molecule has 0 atom stereocenters. The molecule has 0 saturated carbocycles. The molecule has 0 bridgehead atoms. The van der Waals surface area contributed by atoms with Crippen molar-refractivity contribution in [2.24, 2.45) is 0 Å². The summed E-state index contributed by atoms with van der Waals surface area (Å²) in [5.74, 6) is 2.13. The van der Waals surface area contributed by atoms with Crippen LogP contribution < -0.4 is 25.9 Å². The van der Waals surface area contributed by atoms with E-state index in [-0.39, 0.29) is 36.8 Å². The maximum absolute atomic E-state index is 9.56. The zero-order valence-electron chi connectivity index (χ0n) is 59.1. The molecule has 0 fully saturated rings. The third kappa shape index (κ3) is 34.6. The molecule has 19 nitrogen and oxygen atoms in total. The van der Waals surface area contributed by atoms with Crippen molar-refractivity contribution in [1.29, 1.82) is 5.26 Å². The fourth-order valence-electron chi connectivity index (χ4n) is 7.12. The third-order valence-electron chi connectivity index (χ3n) is 11.2. The number of phenolic OH excluding ortho intramolecular Hbond substituents is 1. The molecule has 4 N–H and O–H groups in total. The van der Waals surface area contributed by atoms with Crippen LogP contribution in [0.5, 0.6) is 29.0 Å². The highest BCUT2D eigenvalue weighted by atomic mass is 35.5. The number of pyridine rings is 5. The third-order valence-corrected chi connectivity index (χ3v) is 12.2. The largest absolute Gasteiger partial charge is 0.508 e. The van der Waals surface area contributed by atoms with E-state index in [1.54, 1.807) is 105 Å². The Kier molecular flexibility index (Phi) is 58.4. The topological polar surface area (TPSA) is 233 Å². The van der Waals surface area contributed by atoms with E-state index in [9.17, 15) is 10.0 Å². The van der Waals surface area contributed by atoms with Crippen LogP contribution in [0.3, 0.4) is 0 Å². The highest BCUT2D eigenvalue weighted by Gasteiger charge is 2.29. The number of nitriles is 1. The van der Waals surface area contributed by atoms with Crippen molar-refractivity contribution in [3.05, 3.63) is 227 Å². The summed E-state index contributed by atoms with van der Waals surface area (Å²) in [5.41, 5.74) is 10.0. The van der Waals surface area contributed by atoms with Gasteiger partial charge in [0.25, 0.3) is 0 Å². The van der Waals surface area contributed by atoms with Gasteiger partial charge in [0.2, 0.25) is 34.5 Å². The Bertz CT molecular complexity index is 3680. The fourth-order valence-corrected chi connectivity index (χ4v) is 7.94. The predicted octanol–water partition coefficient (Wildman–Crippen LogP) is 20.4. The minimum Gasteiger partial charge on any atom is -0.508 e. The van der Waals surface area contributed by atoms with Crippen LogP contribution in [0.15, 0.2) is 115 Å². The number of hydrogen-bond acceptors (Lipinski definition) is 15. The summed E-state index contributed by atoms with van der Waals surface area (Å²) in [7, 11) is -2.53. The van der Waals surface area contributed by atoms with E-state index in [1.165, 1.54) is 18.2 Å². The molecule has 3 aromatic carbocycles. The lowest BCUT2D eigenvalue weighted by Gasteiger charge is -2.08. The number of rotatable bonds is 4. The van der Waals surface area contributed by atoms with Crippen LogP contribution in [0.25, 0.3) is 19.4 Å². The van der Waals surface area contributed by atoms with Gasteiger partial charge in [-0.2, -0.15) is 5.26 Å². The van der Waals surface area contributed by atoms with E-state index in [2.05, 4.69) is 50.4 Å². The average Bonchev–Trinajstić information content (AvgIpc) is 1.76. The molecule has 0 spiro atoms. The molecule has 0 saturated heterocycles. The smallest absolute Gasteiger partial charge is 0.491 e.